The fourth-order valence-corrected chi connectivity index (χ4v) is 1.82. The van der Waals surface area contributed by atoms with Gasteiger partial charge >= 0.3 is 0 Å². The van der Waals surface area contributed by atoms with Crippen LogP contribution in [-0.4, -0.2) is 18.6 Å². The number of hydrogen-bond acceptors (Lipinski definition) is 3. The first-order valence-electron chi connectivity index (χ1n) is 6.76. The lowest BCUT2D eigenvalue weighted by molar-refractivity contribution is -0.117. The van der Waals surface area contributed by atoms with Crippen molar-refractivity contribution in [1.82, 2.24) is 0 Å². The molecule has 0 aliphatic rings. The molecular weight excluding hydrogens is 240 g/mol. The van der Waals surface area contributed by atoms with E-state index in [2.05, 4.69) is 19.2 Å². The minimum Gasteiger partial charge on any atom is -0.377 e. The minimum atomic E-state index is -0.472. The van der Waals surface area contributed by atoms with Crippen molar-refractivity contribution < 1.29 is 9.53 Å². The number of hydrogen-bond donors (Lipinski definition) is 2. The molecule has 0 aliphatic carbocycles. The molecule has 1 rings (SSSR count). The molecule has 0 fully saturated rings. The Labute approximate surface area is 115 Å². The Morgan fingerprint density at radius 3 is 2.68 bits per heavy atom. The summed E-state index contributed by atoms with van der Waals surface area (Å²) >= 11 is 0. The third-order valence-electron chi connectivity index (χ3n) is 2.80. The smallest absolute Gasteiger partial charge is 0.241 e. The highest BCUT2D eigenvalue weighted by Gasteiger charge is 2.16. The van der Waals surface area contributed by atoms with Crippen LogP contribution in [0.2, 0.25) is 0 Å². The average molecular weight is 264 g/mol. The quantitative estimate of drug-likeness (QED) is 0.795. The molecule has 1 aromatic rings. The maximum absolute atomic E-state index is 12.0. The summed E-state index contributed by atoms with van der Waals surface area (Å²) in [6, 6.07) is 7.16. The largest absolute Gasteiger partial charge is 0.377 e. The van der Waals surface area contributed by atoms with Crippen LogP contribution < -0.4 is 11.1 Å². The number of para-hydroxylation sites is 1. The number of nitrogens with one attached hydrogen (secondary N) is 1. The molecule has 0 heterocycles. The molecule has 1 atom stereocenters. The van der Waals surface area contributed by atoms with Gasteiger partial charge < -0.3 is 15.8 Å². The molecule has 0 spiro atoms. The van der Waals surface area contributed by atoms with Gasteiger partial charge in [-0.15, -0.1) is 0 Å². The van der Waals surface area contributed by atoms with E-state index >= 15 is 0 Å². The van der Waals surface area contributed by atoms with Crippen LogP contribution in [0, 0.1) is 5.92 Å². The zero-order valence-electron chi connectivity index (χ0n) is 12.0. The van der Waals surface area contributed by atoms with Gasteiger partial charge in [0.25, 0.3) is 0 Å². The monoisotopic (exact) mass is 264 g/mol. The summed E-state index contributed by atoms with van der Waals surface area (Å²) in [7, 11) is 0. The summed E-state index contributed by atoms with van der Waals surface area (Å²) in [6.45, 7) is 7.19. The first kappa shape index (κ1) is 15.7. The van der Waals surface area contributed by atoms with Gasteiger partial charge in [-0.2, -0.15) is 0 Å². The Morgan fingerprint density at radius 2 is 2.05 bits per heavy atom. The standard InChI is InChI=1S/C15H24N2O2/c1-4-19-10-12-7-5-6-8-14(12)17-15(18)13(16)9-11(2)3/h5-8,11,13H,4,9-10,16H2,1-3H3,(H,17,18)/t13-/m0/s1. The zero-order chi connectivity index (χ0) is 14.3. The van der Waals surface area contributed by atoms with Gasteiger partial charge in [0.05, 0.1) is 12.6 Å². The lowest BCUT2D eigenvalue weighted by Crippen LogP contribution is -2.36. The summed E-state index contributed by atoms with van der Waals surface area (Å²) in [5.74, 6) is 0.261. The molecule has 0 aliphatic heterocycles. The molecule has 1 amide bonds. The van der Waals surface area contributed by atoms with Gasteiger partial charge in [-0.25, -0.2) is 0 Å². The number of benzene rings is 1. The van der Waals surface area contributed by atoms with Gasteiger partial charge in [-0.1, -0.05) is 32.0 Å². The fourth-order valence-electron chi connectivity index (χ4n) is 1.82. The number of ether oxygens (including phenoxy) is 1. The van der Waals surface area contributed by atoms with Crippen LogP contribution in [-0.2, 0) is 16.1 Å². The van der Waals surface area contributed by atoms with Gasteiger partial charge in [-0.3, -0.25) is 4.79 Å². The third-order valence-corrected chi connectivity index (χ3v) is 2.80. The van der Waals surface area contributed by atoms with E-state index in [9.17, 15) is 4.79 Å². The predicted molar refractivity (Wildman–Crippen MR) is 77.8 cm³/mol. The molecule has 4 nitrogen and oxygen atoms in total. The van der Waals surface area contributed by atoms with Crippen LogP contribution >= 0.6 is 0 Å². The number of rotatable bonds is 7. The summed E-state index contributed by atoms with van der Waals surface area (Å²) in [5.41, 5.74) is 7.62. The van der Waals surface area contributed by atoms with Crippen LogP contribution in [0.15, 0.2) is 24.3 Å². The summed E-state index contributed by atoms with van der Waals surface area (Å²) in [6.07, 6.45) is 0.680. The molecule has 0 aromatic heterocycles. The normalized spacial score (nSPS) is 12.5. The number of amides is 1. The molecule has 0 radical (unpaired) electrons. The van der Waals surface area contributed by atoms with E-state index in [1.54, 1.807) is 0 Å². The van der Waals surface area contributed by atoms with Crippen LogP contribution in [0.1, 0.15) is 32.8 Å². The Morgan fingerprint density at radius 1 is 1.37 bits per heavy atom. The summed E-state index contributed by atoms with van der Waals surface area (Å²) < 4.78 is 5.38. The van der Waals surface area contributed by atoms with Crippen molar-refractivity contribution in [2.45, 2.75) is 39.8 Å². The Balaban J connectivity index is 2.67. The molecule has 1 aromatic carbocycles. The van der Waals surface area contributed by atoms with E-state index in [4.69, 9.17) is 10.5 Å². The van der Waals surface area contributed by atoms with Crippen molar-refractivity contribution in [3.8, 4) is 0 Å². The van der Waals surface area contributed by atoms with E-state index in [0.717, 1.165) is 11.3 Å². The van der Waals surface area contributed by atoms with E-state index < -0.39 is 6.04 Å². The highest BCUT2D eigenvalue weighted by atomic mass is 16.5. The topological polar surface area (TPSA) is 64.3 Å². The highest BCUT2D eigenvalue weighted by Crippen LogP contribution is 2.17. The second kappa shape index (κ2) is 7.92. The van der Waals surface area contributed by atoms with Crippen molar-refractivity contribution in [2.75, 3.05) is 11.9 Å². The third kappa shape index (κ3) is 5.41. The summed E-state index contributed by atoms with van der Waals surface area (Å²) in [5, 5.41) is 2.88. The molecule has 19 heavy (non-hydrogen) atoms. The number of carbonyl (C=O) groups is 1. The average Bonchev–Trinajstić information content (AvgIpc) is 2.36. The highest BCUT2D eigenvalue weighted by molar-refractivity contribution is 5.95. The van der Waals surface area contributed by atoms with Gasteiger partial charge in [0.1, 0.15) is 0 Å². The van der Waals surface area contributed by atoms with Gasteiger partial charge in [0, 0.05) is 17.9 Å². The molecule has 0 saturated carbocycles. The van der Waals surface area contributed by atoms with E-state index in [0.29, 0.717) is 25.6 Å². The Bertz CT molecular complexity index is 405. The molecule has 4 heteroatoms. The van der Waals surface area contributed by atoms with Gasteiger partial charge in [-0.05, 0) is 25.3 Å². The van der Waals surface area contributed by atoms with Crippen molar-refractivity contribution in [2.24, 2.45) is 11.7 Å². The van der Waals surface area contributed by atoms with Crippen molar-refractivity contribution in [3.05, 3.63) is 29.8 Å². The van der Waals surface area contributed by atoms with E-state index in [1.165, 1.54) is 0 Å². The van der Waals surface area contributed by atoms with E-state index in [1.807, 2.05) is 31.2 Å². The van der Waals surface area contributed by atoms with Gasteiger partial charge in [0.15, 0.2) is 0 Å². The Hall–Kier alpha value is -1.39. The summed E-state index contributed by atoms with van der Waals surface area (Å²) in [4.78, 5) is 12.0. The molecule has 0 unspecified atom stereocenters. The predicted octanol–water partition coefficient (Wildman–Crippen LogP) is 2.54. The maximum Gasteiger partial charge on any atom is 0.241 e. The number of nitrogens with two attached hydrogens (primary N) is 1. The van der Waals surface area contributed by atoms with Crippen LogP contribution in [0.3, 0.4) is 0 Å². The van der Waals surface area contributed by atoms with Crippen LogP contribution in [0.4, 0.5) is 5.69 Å². The van der Waals surface area contributed by atoms with Crippen LogP contribution in [0.5, 0.6) is 0 Å². The molecule has 0 bridgehead atoms. The van der Waals surface area contributed by atoms with Crippen molar-refractivity contribution in [1.29, 1.82) is 0 Å². The molecule has 3 N–H and O–H groups in total. The number of carbonyl (C=O) groups excluding carboxylic acids is 1. The second-order valence-corrected chi connectivity index (χ2v) is 5.02. The first-order valence-corrected chi connectivity index (χ1v) is 6.76. The van der Waals surface area contributed by atoms with Gasteiger partial charge in [0.2, 0.25) is 5.91 Å². The maximum atomic E-state index is 12.0. The fraction of sp³-hybridized carbons (Fsp3) is 0.533. The lowest BCUT2D eigenvalue weighted by Gasteiger charge is -2.16. The first-order chi connectivity index (χ1) is 9.04. The zero-order valence-corrected chi connectivity index (χ0v) is 12.0. The molecule has 0 saturated heterocycles. The van der Waals surface area contributed by atoms with Crippen LogP contribution in [0.25, 0.3) is 0 Å². The lowest BCUT2D eigenvalue weighted by atomic mass is 10.0. The SMILES string of the molecule is CCOCc1ccccc1NC(=O)[C@@H](N)CC(C)C. The Kier molecular flexibility index (Phi) is 6.53. The second-order valence-electron chi connectivity index (χ2n) is 5.02. The van der Waals surface area contributed by atoms with E-state index in [-0.39, 0.29) is 5.91 Å². The molecular formula is C15H24N2O2. The number of anilines is 1. The molecule has 106 valence electrons. The van der Waals surface area contributed by atoms with Crippen molar-refractivity contribution >= 4 is 11.6 Å². The van der Waals surface area contributed by atoms with Crippen molar-refractivity contribution in [3.63, 3.8) is 0 Å². The minimum absolute atomic E-state index is 0.141.